The van der Waals surface area contributed by atoms with Gasteiger partial charge in [0.15, 0.2) is 21.0 Å². The molecule has 0 spiro atoms. The monoisotopic (exact) mass is 425 g/mol. The van der Waals surface area contributed by atoms with Gasteiger partial charge in [0.05, 0.1) is 16.9 Å². The van der Waals surface area contributed by atoms with Crippen molar-refractivity contribution < 1.29 is 17.6 Å². The number of benzene rings is 2. The fourth-order valence-electron chi connectivity index (χ4n) is 3.87. The first-order chi connectivity index (χ1) is 14.2. The Morgan fingerprint density at radius 1 is 1.13 bits per heavy atom. The van der Waals surface area contributed by atoms with Crippen LogP contribution in [0.4, 0.5) is 0 Å². The van der Waals surface area contributed by atoms with Crippen molar-refractivity contribution in [2.24, 2.45) is 0 Å². The van der Waals surface area contributed by atoms with Gasteiger partial charge in [0.2, 0.25) is 0 Å². The van der Waals surface area contributed by atoms with E-state index in [2.05, 4.69) is 0 Å². The first-order valence-corrected chi connectivity index (χ1v) is 11.7. The van der Waals surface area contributed by atoms with Gasteiger partial charge in [-0.1, -0.05) is 36.4 Å². The number of sulfone groups is 1. The van der Waals surface area contributed by atoms with Crippen molar-refractivity contribution in [1.29, 1.82) is 0 Å². The highest BCUT2D eigenvalue weighted by Gasteiger charge is 2.36. The molecular weight excluding hydrogens is 402 g/mol. The maximum Gasteiger partial charge on any atom is 0.290 e. The average molecular weight is 426 g/mol. The predicted molar refractivity (Wildman–Crippen MR) is 115 cm³/mol. The molecule has 0 N–H and O–H groups in total. The molecule has 0 aliphatic carbocycles. The van der Waals surface area contributed by atoms with Gasteiger partial charge in [0.25, 0.3) is 5.91 Å². The van der Waals surface area contributed by atoms with Crippen LogP contribution in [-0.4, -0.2) is 36.8 Å². The van der Waals surface area contributed by atoms with Gasteiger partial charge in [-0.2, -0.15) is 0 Å². The van der Waals surface area contributed by atoms with Crippen molar-refractivity contribution in [1.82, 2.24) is 4.90 Å². The lowest BCUT2D eigenvalue weighted by molar-refractivity contribution is 0.0648. The van der Waals surface area contributed by atoms with E-state index in [-0.39, 0.29) is 29.2 Å². The van der Waals surface area contributed by atoms with Crippen molar-refractivity contribution in [3.8, 4) is 0 Å². The summed E-state index contributed by atoms with van der Waals surface area (Å²) in [6.07, 6.45) is 0.372. The van der Waals surface area contributed by atoms with Gasteiger partial charge in [-0.05, 0) is 43.0 Å². The number of amides is 1. The summed E-state index contributed by atoms with van der Waals surface area (Å²) < 4.78 is 30.0. The molecule has 30 heavy (non-hydrogen) atoms. The van der Waals surface area contributed by atoms with Gasteiger partial charge >= 0.3 is 0 Å². The number of hydrogen-bond acceptors (Lipinski definition) is 5. The van der Waals surface area contributed by atoms with E-state index in [0.717, 1.165) is 16.7 Å². The third-order valence-electron chi connectivity index (χ3n) is 5.73. The van der Waals surface area contributed by atoms with Crippen LogP contribution in [0.15, 0.2) is 57.7 Å². The van der Waals surface area contributed by atoms with Gasteiger partial charge in [0.1, 0.15) is 5.58 Å². The molecule has 7 heteroatoms. The lowest BCUT2D eigenvalue weighted by atomic mass is 10.1. The van der Waals surface area contributed by atoms with Crippen molar-refractivity contribution in [2.75, 3.05) is 11.5 Å². The highest BCUT2D eigenvalue weighted by atomic mass is 32.2. The molecule has 3 aromatic rings. The molecule has 1 saturated heterocycles. The number of carbonyl (C=O) groups excluding carboxylic acids is 1. The molecule has 1 aromatic heterocycles. The quantitative estimate of drug-likeness (QED) is 0.641. The van der Waals surface area contributed by atoms with Crippen LogP contribution in [-0.2, 0) is 16.4 Å². The van der Waals surface area contributed by atoms with Crippen LogP contribution in [0.25, 0.3) is 11.0 Å². The Bertz CT molecular complexity index is 1280. The van der Waals surface area contributed by atoms with E-state index in [1.165, 1.54) is 11.0 Å². The molecule has 0 radical (unpaired) electrons. The van der Waals surface area contributed by atoms with Gasteiger partial charge < -0.3 is 9.32 Å². The molecule has 1 atom stereocenters. The van der Waals surface area contributed by atoms with E-state index in [1.54, 1.807) is 6.07 Å². The van der Waals surface area contributed by atoms with E-state index >= 15 is 0 Å². The third kappa shape index (κ3) is 3.89. The molecule has 2 aromatic carbocycles. The topological polar surface area (TPSA) is 84.7 Å². The number of aryl methyl sites for hydroxylation is 2. The number of fused-ring (bicyclic) bond motifs is 1. The summed E-state index contributed by atoms with van der Waals surface area (Å²) in [5, 5.41) is 0.424. The molecule has 4 rings (SSSR count). The zero-order chi connectivity index (χ0) is 21.5. The number of hydrogen-bond donors (Lipinski definition) is 0. The summed E-state index contributed by atoms with van der Waals surface area (Å²) in [4.78, 5) is 27.6. The zero-order valence-corrected chi connectivity index (χ0v) is 17.7. The van der Waals surface area contributed by atoms with Crippen molar-refractivity contribution in [3.05, 3.63) is 81.2 Å². The molecule has 1 aliphatic heterocycles. The summed E-state index contributed by atoms with van der Waals surface area (Å²) in [7, 11) is -3.19. The molecule has 0 bridgehead atoms. The minimum absolute atomic E-state index is 0.0518. The zero-order valence-electron chi connectivity index (χ0n) is 16.9. The van der Waals surface area contributed by atoms with Crippen LogP contribution >= 0.6 is 0 Å². The normalized spacial score (nSPS) is 17.9. The summed E-state index contributed by atoms with van der Waals surface area (Å²) in [6, 6.07) is 13.7. The van der Waals surface area contributed by atoms with E-state index < -0.39 is 21.8 Å². The van der Waals surface area contributed by atoms with Crippen LogP contribution < -0.4 is 5.43 Å². The molecular formula is C23H23NO5S. The molecule has 2 heterocycles. The van der Waals surface area contributed by atoms with E-state index in [1.807, 2.05) is 50.2 Å². The van der Waals surface area contributed by atoms with E-state index in [0.29, 0.717) is 17.4 Å². The smallest absolute Gasteiger partial charge is 0.290 e. The second-order valence-corrected chi connectivity index (χ2v) is 10.1. The van der Waals surface area contributed by atoms with Gasteiger partial charge in [-0.15, -0.1) is 0 Å². The Hall–Kier alpha value is -2.93. The molecule has 0 saturated carbocycles. The Labute approximate surface area is 175 Å². The summed E-state index contributed by atoms with van der Waals surface area (Å²) >= 11 is 0. The summed E-state index contributed by atoms with van der Waals surface area (Å²) in [5.41, 5.74) is 2.74. The Morgan fingerprint density at radius 2 is 1.87 bits per heavy atom. The van der Waals surface area contributed by atoms with Crippen LogP contribution in [0.3, 0.4) is 0 Å². The minimum atomic E-state index is -3.19. The highest BCUT2D eigenvalue weighted by molar-refractivity contribution is 7.91. The third-order valence-corrected chi connectivity index (χ3v) is 7.48. The summed E-state index contributed by atoms with van der Waals surface area (Å²) in [6.45, 7) is 4.00. The molecule has 1 amide bonds. The summed E-state index contributed by atoms with van der Waals surface area (Å²) in [5.74, 6) is -0.570. The van der Waals surface area contributed by atoms with Crippen LogP contribution in [0.1, 0.15) is 33.7 Å². The van der Waals surface area contributed by atoms with Gasteiger partial charge in [0, 0.05) is 18.7 Å². The van der Waals surface area contributed by atoms with Crippen LogP contribution in [0.2, 0.25) is 0 Å². The lowest BCUT2D eigenvalue weighted by Crippen LogP contribution is -2.40. The number of carbonyl (C=O) groups is 1. The van der Waals surface area contributed by atoms with Gasteiger partial charge in [-0.25, -0.2) is 8.42 Å². The molecule has 156 valence electrons. The van der Waals surface area contributed by atoms with Crippen molar-refractivity contribution >= 4 is 26.7 Å². The number of nitrogens with zero attached hydrogens (tertiary/aromatic N) is 1. The first-order valence-electron chi connectivity index (χ1n) is 9.84. The molecule has 6 nitrogen and oxygen atoms in total. The molecule has 1 fully saturated rings. The standard InChI is InChI=1S/C23H23NO5S/c1-15-8-9-19-20(25)12-21(29-22(19)16(15)2)23(26)24(13-17-6-4-3-5-7-17)18-10-11-30(27,28)14-18/h3-9,12,18H,10-11,13-14H2,1-2H3/t18-/m0/s1. The lowest BCUT2D eigenvalue weighted by Gasteiger charge is -2.28. The average Bonchev–Trinajstić information content (AvgIpc) is 3.08. The largest absolute Gasteiger partial charge is 0.450 e. The predicted octanol–water partition coefficient (Wildman–Crippen LogP) is 3.24. The van der Waals surface area contributed by atoms with E-state index in [9.17, 15) is 18.0 Å². The van der Waals surface area contributed by atoms with E-state index in [4.69, 9.17) is 4.42 Å². The maximum absolute atomic E-state index is 13.4. The van der Waals surface area contributed by atoms with Crippen LogP contribution in [0, 0.1) is 13.8 Å². The fraction of sp³-hybridized carbons (Fsp3) is 0.304. The minimum Gasteiger partial charge on any atom is -0.450 e. The molecule has 0 unspecified atom stereocenters. The van der Waals surface area contributed by atoms with Crippen molar-refractivity contribution in [3.63, 3.8) is 0 Å². The second-order valence-electron chi connectivity index (χ2n) is 7.83. The second kappa shape index (κ2) is 7.72. The van der Waals surface area contributed by atoms with Crippen LogP contribution in [0.5, 0.6) is 0 Å². The van der Waals surface area contributed by atoms with Crippen molar-refractivity contribution in [2.45, 2.75) is 32.9 Å². The SMILES string of the molecule is Cc1ccc2c(=O)cc(C(=O)N(Cc3ccccc3)[C@H]3CCS(=O)(=O)C3)oc2c1C. The maximum atomic E-state index is 13.4. The Balaban J connectivity index is 1.78. The fourth-order valence-corrected chi connectivity index (χ4v) is 5.60. The number of rotatable bonds is 4. The first kappa shape index (κ1) is 20.3. The molecule has 1 aliphatic rings. The highest BCUT2D eigenvalue weighted by Crippen LogP contribution is 2.25. The Morgan fingerprint density at radius 3 is 2.53 bits per heavy atom. The van der Waals surface area contributed by atoms with Gasteiger partial charge in [-0.3, -0.25) is 9.59 Å². The Kier molecular flexibility index (Phi) is 5.24.